The Balaban J connectivity index is 1.48. The maximum Gasteiger partial charge on any atom is 0.273 e. The molecule has 1 amide bonds. The molecule has 0 spiro atoms. The molecule has 1 heterocycles. The highest BCUT2D eigenvalue weighted by Crippen LogP contribution is 2.22. The summed E-state index contributed by atoms with van der Waals surface area (Å²) in [6, 6.07) is 15.7. The topological polar surface area (TPSA) is 98.3 Å². The Morgan fingerprint density at radius 3 is 2.56 bits per heavy atom. The summed E-state index contributed by atoms with van der Waals surface area (Å²) in [5.41, 5.74) is 2.29. The van der Waals surface area contributed by atoms with Crippen LogP contribution < -0.4 is 5.32 Å². The van der Waals surface area contributed by atoms with E-state index < -0.39 is 4.92 Å². The summed E-state index contributed by atoms with van der Waals surface area (Å²) in [7, 11) is 0. The minimum atomic E-state index is -0.433. The van der Waals surface area contributed by atoms with E-state index in [4.69, 9.17) is 4.52 Å². The Labute approximate surface area is 159 Å². The lowest BCUT2D eigenvalue weighted by atomic mass is 10.1. The first-order valence-corrected chi connectivity index (χ1v) is 9.21. The average molecular weight is 383 g/mol. The minimum absolute atomic E-state index is 0.0584. The normalized spacial score (nSPS) is 10.6. The van der Waals surface area contributed by atoms with E-state index in [2.05, 4.69) is 10.5 Å². The van der Waals surface area contributed by atoms with E-state index in [1.807, 2.05) is 31.2 Å². The molecule has 3 aromatic rings. The van der Waals surface area contributed by atoms with Gasteiger partial charge in [0, 0.05) is 41.0 Å². The number of thioether (sulfide) groups is 1. The summed E-state index contributed by atoms with van der Waals surface area (Å²) in [4.78, 5) is 23.3. The van der Waals surface area contributed by atoms with Crippen LogP contribution in [0.15, 0.2) is 64.0 Å². The van der Waals surface area contributed by atoms with E-state index in [9.17, 15) is 14.9 Å². The van der Waals surface area contributed by atoms with Crippen molar-refractivity contribution in [1.29, 1.82) is 0 Å². The van der Waals surface area contributed by atoms with Crippen molar-refractivity contribution in [3.63, 3.8) is 0 Å². The number of non-ortho nitro benzene ring substituents is 1. The molecule has 2 aromatic carbocycles. The monoisotopic (exact) mass is 383 g/mol. The molecule has 0 aliphatic carbocycles. The Morgan fingerprint density at radius 1 is 1.19 bits per heavy atom. The lowest BCUT2D eigenvalue weighted by molar-refractivity contribution is -0.384. The summed E-state index contributed by atoms with van der Waals surface area (Å²) in [5, 5.41) is 17.2. The van der Waals surface area contributed by atoms with Crippen molar-refractivity contribution in [3.05, 3.63) is 76.0 Å². The standard InChI is InChI=1S/C19H17N3O4S/c1-13-2-4-14(5-3-13)18-12-17(21-26-18)19(23)20-10-11-27-16-8-6-15(7-9-16)22(24)25/h2-9,12H,10-11H2,1H3,(H,20,23). The maximum atomic E-state index is 12.2. The third-order valence-electron chi connectivity index (χ3n) is 3.78. The number of benzene rings is 2. The van der Waals surface area contributed by atoms with Crippen LogP contribution >= 0.6 is 11.8 Å². The molecule has 0 aliphatic rings. The highest BCUT2D eigenvalue weighted by atomic mass is 32.2. The summed E-state index contributed by atoms with van der Waals surface area (Å²) >= 11 is 1.50. The number of nitrogens with one attached hydrogen (secondary N) is 1. The van der Waals surface area contributed by atoms with Gasteiger partial charge in [-0.25, -0.2) is 0 Å². The molecule has 138 valence electrons. The first-order chi connectivity index (χ1) is 13.0. The fourth-order valence-electron chi connectivity index (χ4n) is 2.32. The average Bonchev–Trinajstić information content (AvgIpc) is 3.16. The molecule has 8 heteroatoms. The van der Waals surface area contributed by atoms with E-state index in [0.717, 1.165) is 16.0 Å². The van der Waals surface area contributed by atoms with Crippen molar-refractivity contribution in [3.8, 4) is 11.3 Å². The van der Waals surface area contributed by atoms with Gasteiger partial charge in [-0.3, -0.25) is 14.9 Å². The van der Waals surface area contributed by atoms with Crippen LogP contribution in [0.1, 0.15) is 16.1 Å². The van der Waals surface area contributed by atoms with Crippen molar-refractivity contribution < 1.29 is 14.2 Å². The quantitative estimate of drug-likeness (QED) is 0.286. The van der Waals surface area contributed by atoms with Crippen LogP contribution in [0.4, 0.5) is 5.69 Å². The molecule has 1 aromatic heterocycles. The second-order valence-corrected chi connectivity index (χ2v) is 6.97. The summed E-state index contributed by atoms with van der Waals surface area (Å²) in [6.07, 6.45) is 0. The Bertz CT molecular complexity index is 936. The molecule has 27 heavy (non-hydrogen) atoms. The van der Waals surface area contributed by atoms with Crippen molar-refractivity contribution >= 4 is 23.4 Å². The smallest absolute Gasteiger partial charge is 0.273 e. The molecule has 0 radical (unpaired) electrons. The lowest BCUT2D eigenvalue weighted by Crippen LogP contribution is -2.25. The van der Waals surface area contributed by atoms with Gasteiger partial charge in [0.25, 0.3) is 11.6 Å². The largest absolute Gasteiger partial charge is 0.355 e. The van der Waals surface area contributed by atoms with Crippen molar-refractivity contribution in [2.75, 3.05) is 12.3 Å². The second kappa shape index (κ2) is 8.50. The number of nitrogens with zero attached hydrogens (tertiary/aromatic N) is 2. The number of aryl methyl sites for hydroxylation is 1. The van der Waals surface area contributed by atoms with E-state index in [1.54, 1.807) is 18.2 Å². The molecule has 0 aliphatic heterocycles. The molecule has 0 saturated heterocycles. The summed E-state index contributed by atoms with van der Waals surface area (Å²) in [5.74, 6) is 0.869. The molecule has 0 saturated carbocycles. The number of carbonyl (C=O) groups is 1. The van der Waals surface area contributed by atoms with Gasteiger partial charge in [0.15, 0.2) is 11.5 Å². The first-order valence-electron chi connectivity index (χ1n) is 8.22. The third-order valence-corrected chi connectivity index (χ3v) is 4.80. The number of hydrogen-bond donors (Lipinski definition) is 1. The van der Waals surface area contributed by atoms with Crippen LogP contribution in [-0.2, 0) is 0 Å². The molecule has 0 bridgehead atoms. The number of nitro benzene ring substituents is 1. The first kappa shape index (κ1) is 18.7. The Morgan fingerprint density at radius 2 is 1.89 bits per heavy atom. The van der Waals surface area contributed by atoms with Gasteiger partial charge in [0.2, 0.25) is 0 Å². The van der Waals surface area contributed by atoms with E-state index in [-0.39, 0.29) is 17.3 Å². The zero-order valence-corrected chi connectivity index (χ0v) is 15.4. The third kappa shape index (κ3) is 4.95. The van der Waals surface area contributed by atoms with E-state index >= 15 is 0 Å². The van der Waals surface area contributed by atoms with E-state index in [1.165, 1.54) is 23.9 Å². The van der Waals surface area contributed by atoms with Gasteiger partial charge in [0.05, 0.1) is 4.92 Å². The number of amides is 1. The van der Waals surface area contributed by atoms with Crippen molar-refractivity contribution in [2.45, 2.75) is 11.8 Å². The molecule has 7 nitrogen and oxygen atoms in total. The predicted molar refractivity (Wildman–Crippen MR) is 103 cm³/mol. The number of nitro groups is 1. The minimum Gasteiger partial charge on any atom is -0.355 e. The number of carbonyl (C=O) groups excluding carboxylic acids is 1. The molecule has 1 N–H and O–H groups in total. The summed E-state index contributed by atoms with van der Waals surface area (Å²) < 4.78 is 5.25. The molecule has 0 fully saturated rings. The SMILES string of the molecule is Cc1ccc(-c2cc(C(=O)NCCSc3ccc([N+](=O)[O-])cc3)no2)cc1. The number of rotatable bonds is 7. The zero-order chi connectivity index (χ0) is 19.2. The summed E-state index contributed by atoms with van der Waals surface area (Å²) in [6.45, 7) is 2.44. The molecule has 0 unspecified atom stereocenters. The predicted octanol–water partition coefficient (Wildman–Crippen LogP) is 4.08. The van der Waals surface area contributed by atoms with Gasteiger partial charge in [-0.05, 0) is 19.1 Å². The van der Waals surface area contributed by atoms with Crippen molar-refractivity contribution in [1.82, 2.24) is 10.5 Å². The number of aromatic nitrogens is 1. The van der Waals surface area contributed by atoms with Gasteiger partial charge in [0.1, 0.15) is 0 Å². The van der Waals surface area contributed by atoms with Gasteiger partial charge in [-0.2, -0.15) is 0 Å². The van der Waals surface area contributed by atoms with Crippen LogP contribution in [-0.4, -0.2) is 28.3 Å². The molecular weight excluding hydrogens is 366 g/mol. The van der Waals surface area contributed by atoms with Gasteiger partial charge in [-0.1, -0.05) is 35.0 Å². The second-order valence-electron chi connectivity index (χ2n) is 5.80. The van der Waals surface area contributed by atoms with Crippen LogP contribution in [0, 0.1) is 17.0 Å². The Kier molecular flexibility index (Phi) is 5.87. The number of hydrogen-bond acceptors (Lipinski definition) is 6. The van der Waals surface area contributed by atoms with Crippen LogP contribution in [0.5, 0.6) is 0 Å². The highest BCUT2D eigenvalue weighted by molar-refractivity contribution is 7.99. The fourth-order valence-corrected chi connectivity index (χ4v) is 3.09. The van der Waals surface area contributed by atoms with Crippen LogP contribution in [0.2, 0.25) is 0 Å². The Hall–Kier alpha value is -3.13. The van der Waals surface area contributed by atoms with Gasteiger partial charge >= 0.3 is 0 Å². The van der Waals surface area contributed by atoms with Gasteiger partial charge < -0.3 is 9.84 Å². The van der Waals surface area contributed by atoms with Crippen LogP contribution in [0.25, 0.3) is 11.3 Å². The zero-order valence-electron chi connectivity index (χ0n) is 14.5. The lowest BCUT2D eigenvalue weighted by Gasteiger charge is -2.03. The van der Waals surface area contributed by atoms with Crippen molar-refractivity contribution in [2.24, 2.45) is 0 Å². The molecular formula is C19H17N3O4S. The maximum absolute atomic E-state index is 12.2. The van der Waals surface area contributed by atoms with Gasteiger partial charge in [-0.15, -0.1) is 11.8 Å². The molecule has 3 rings (SSSR count). The molecule has 0 atom stereocenters. The highest BCUT2D eigenvalue weighted by Gasteiger charge is 2.13. The fraction of sp³-hybridized carbons (Fsp3) is 0.158. The van der Waals surface area contributed by atoms with E-state index in [0.29, 0.717) is 18.1 Å². The van der Waals surface area contributed by atoms with Crippen LogP contribution in [0.3, 0.4) is 0 Å².